The van der Waals surface area contributed by atoms with Crippen LogP contribution in [0.15, 0.2) is 175 Å². The zero-order valence-corrected chi connectivity index (χ0v) is 30.7. The van der Waals surface area contributed by atoms with Gasteiger partial charge in [0.2, 0.25) is 0 Å². The van der Waals surface area contributed by atoms with Crippen LogP contribution in [0.2, 0.25) is 0 Å². The molecule has 11 rings (SSSR count). The van der Waals surface area contributed by atoms with Crippen LogP contribution in [-0.4, -0.2) is 0 Å². The Bertz CT molecular complexity index is 3110. The molecule has 0 spiro atoms. The average molecular weight is 729 g/mol. The van der Waals surface area contributed by atoms with Crippen molar-refractivity contribution in [2.45, 2.75) is 0 Å². The highest BCUT2D eigenvalue weighted by molar-refractivity contribution is 7.27. The van der Waals surface area contributed by atoms with Crippen molar-refractivity contribution in [3.8, 4) is 44.5 Å². The van der Waals surface area contributed by atoms with Crippen LogP contribution < -0.4 is 5.43 Å². The Kier molecular flexibility index (Phi) is 6.99. The van der Waals surface area contributed by atoms with Crippen molar-refractivity contribution >= 4 is 94.5 Å². The molecule has 0 aliphatic carbocycles. The Morgan fingerprint density at radius 2 is 0.679 bits per heavy atom. The highest BCUT2D eigenvalue weighted by Gasteiger charge is 2.14. The van der Waals surface area contributed by atoms with E-state index in [1.807, 2.05) is 22.7 Å². The molecular formula is C49H28OS3. The summed E-state index contributed by atoms with van der Waals surface area (Å²) in [6.07, 6.45) is 0. The lowest BCUT2D eigenvalue weighted by Gasteiger charge is -2.10. The minimum Gasteiger partial charge on any atom is -0.289 e. The summed E-state index contributed by atoms with van der Waals surface area (Å²) in [5.41, 5.74) is 9.21. The molecule has 0 radical (unpaired) electrons. The van der Waals surface area contributed by atoms with Crippen LogP contribution in [0.5, 0.6) is 0 Å². The third kappa shape index (κ3) is 4.98. The Labute approximate surface area is 317 Å². The largest absolute Gasteiger partial charge is 0.289 e. The van der Waals surface area contributed by atoms with E-state index >= 15 is 0 Å². The summed E-state index contributed by atoms with van der Waals surface area (Å²) in [5.74, 6) is 0. The summed E-state index contributed by atoms with van der Waals surface area (Å²) < 4.78 is 7.22. The van der Waals surface area contributed by atoms with Gasteiger partial charge in [0.1, 0.15) is 0 Å². The average Bonchev–Trinajstić information content (AvgIpc) is 3.80. The quantitative estimate of drug-likeness (QED) is 0.165. The molecule has 248 valence electrons. The van der Waals surface area contributed by atoms with Gasteiger partial charge >= 0.3 is 0 Å². The molecule has 0 unspecified atom stereocenters. The maximum absolute atomic E-state index is 14.3. The van der Waals surface area contributed by atoms with Crippen LogP contribution in [0.3, 0.4) is 0 Å². The summed E-state index contributed by atoms with van der Waals surface area (Å²) >= 11 is 5.38. The lowest BCUT2D eigenvalue weighted by molar-refractivity contribution is 1.62. The van der Waals surface area contributed by atoms with E-state index in [1.165, 1.54) is 62.6 Å². The molecule has 0 amide bonds. The van der Waals surface area contributed by atoms with E-state index in [0.717, 1.165) is 42.4 Å². The molecular weight excluding hydrogens is 701 g/mol. The summed E-state index contributed by atoms with van der Waals surface area (Å²) in [6.45, 7) is 0. The van der Waals surface area contributed by atoms with Crippen molar-refractivity contribution in [3.05, 3.63) is 180 Å². The Morgan fingerprint density at radius 1 is 0.283 bits per heavy atom. The third-order valence-corrected chi connectivity index (χ3v) is 14.1. The molecule has 0 fully saturated rings. The molecule has 3 heterocycles. The zero-order chi connectivity index (χ0) is 35.0. The lowest BCUT2D eigenvalue weighted by atomic mass is 9.96. The molecule has 0 saturated heterocycles. The fraction of sp³-hybridized carbons (Fsp3) is 0. The van der Waals surface area contributed by atoms with Gasteiger partial charge in [-0.25, -0.2) is 0 Å². The molecule has 0 bridgehead atoms. The minimum atomic E-state index is 0.0786. The summed E-state index contributed by atoms with van der Waals surface area (Å²) in [4.78, 5) is 14.3. The predicted molar refractivity (Wildman–Crippen MR) is 233 cm³/mol. The number of fused-ring (bicyclic) bond motifs is 8. The van der Waals surface area contributed by atoms with E-state index in [-0.39, 0.29) is 5.43 Å². The summed E-state index contributed by atoms with van der Waals surface area (Å²) in [6, 6.07) is 60.7. The van der Waals surface area contributed by atoms with E-state index in [4.69, 9.17) is 0 Å². The van der Waals surface area contributed by atoms with Crippen LogP contribution in [0.25, 0.3) is 105 Å². The van der Waals surface area contributed by atoms with Crippen molar-refractivity contribution in [1.29, 1.82) is 0 Å². The van der Waals surface area contributed by atoms with Crippen LogP contribution in [0, 0.1) is 0 Å². The van der Waals surface area contributed by atoms with E-state index in [9.17, 15) is 4.79 Å². The van der Waals surface area contributed by atoms with Gasteiger partial charge in [0.25, 0.3) is 0 Å². The third-order valence-electron chi connectivity index (χ3n) is 10.5. The van der Waals surface area contributed by atoms with Crippen molar-refractivity contribution in [3.63, 3.8) is 0 Å². The molecule has 3 aromatic heterocycles. The van der Waals surface area contributed by atoms with Crippen molar-refractivity contribution < 1.29 is 0 Å². The normalized spacial score (nSPS) is 11.8. The maximum atomic E-state index is 14.3. The zero-order valence-electron chi connectivity index (χ0n) is 28.3. The van der Waals surface area contributed by atoms with Crippen LogP contribution in [-0.2, 0) is 0 Å². The summed E-state index contributed by atoms with van der Waals surface area (Å²) in [5, 5.41) is 6.72. The number of rotatable bonds is 4. The predicted octanol–water partition coefficient (Wildman–Crippen LogP) is 14.8. The van der Waals surface area contributed by atoms with Gasteiger partial charge in [0.05, 0.1) is 0 Å². The highest BCUT2D eigenvalue weighted by atomic mass is 32.1. The van der Waals surface area contributed by atoms with E-state index in [2.05, 4.69) is 170 Å². The van der Waals surface area contributed by atoms with Gasteiger partial charge in [-0.15, -0.1) is 34.0 Å². The Balaban J connectivity index is 0.989. The Morgan fingerprint density at radius 3 is 1.19 bits per heavy atom. The van der Waals surface area contributed by atoms with Gasteiger partial charge in [-0.2, -0.15) is 0 Å². The smallest absolute Gasteiger partial charge is 0.195 e. The molecule has 4 heteroatoms. The first-order valence-corrected chi connectivity index (χ1v) is 20.1. The second kappa shape index (κ2) is 12.1. The molecule has 8 aromatic carbocycles. The topological polar surface area (TPSA) is 17.1 Å². The fourth-order valence-corrected chi connectivity index (χ4v) is 11.4. The first-order chi connectivity index (χ1) is 26.2. The Hall–Kier alpha value is -5.91. The highest BCUT2D eigenvalue weighted by Crippen LogP contribution is 2.42. The van der Waals surface area contributed by atoms with Gasteiger partial charge in [0.15, 0.2) is 5.43 Å². The van der Waals surface area contributed by atoms with Crippen LogP contribution in [0.4, 0.5) is 0 Å². The minimum absolute atomic E-state index is 0.0786. The standard InChI is InChI=1S/C49H28OS3/c50-47-41-27-31(29-9-5-11-33(25-29)35-15-7-17-39-37-13-1-3-19-43(37)52-48(35)39)21-23-45(41)51-46-24-22-32(28-42(46)47)30-10-6-12-34(26-30)36-16-8-18-40-38-14-2-4-20-44(38)53-49(36)40/h1-28H. The number of thiophene rings is 2. The maximum Gasteiger partial charge on any atom is 0.195 e. The van der Waals surface area contributed by atoms with E-state index in [1.54, 1.807) is 11.3 Å². The molecule has 0 aliphatic rings. The fourth-order valence-electron chi connectivity index (χ4n) is 7.90. The molecule has 1 nitrogen and oxygen atoms in total. The van der Waals surface area contributed by atoms with Gasteiger partial charge in [-0.05, 0) is 93.0 Å². The number of benzene rings is 8. The first kappa shape index (κ1) is 30.7. The monoisotopic (exact) mass is 728 g/mol. The molecule has 0 atom stereocenters. The molecule has 11 aromatic rings. The van der Waals surface area contributed by atoms with Crippen LogP contribution in [0.1, 0.15) is 0 Å². The number of hydrogen-bond acceptors (Lipinski definition) is 4. The van der Waals surface area contributed by atoms with Crippen molar-refractivity contribution in [1.82, 2.24) is 0 Å². The van der Waals surface area contributed by atoms with Crippen molar-refractivity contribution in [2.75, 3.05) is 0 Å². The molecule has 53 heavy (non-hydrogen) atoms. The van der Waals surface area contributed by atoms with Gasteiger partial charge in [-0.3, -0.25) is 4.79 Å². The lowest BCUT2D eigenvalue weighted by Crippen LogP contribution is -2.01. The molecule has 0 saturated carbocycles. The van der Waals surface area contributed by atoms with Gasteiger partial charge in [-0.1, -0.05) is 121 Å². The van der Waals surface area contributed by atoms with Crippen molar-refractivity contribution in [2.24, 2.45) is 0 Å². The van der Waals surface area contributed by atoms with Gasteiger partial charge in [0, 0.05) is 60.5 Å². The SMILES string of the molecule is O=c1c2cc(-c3cccc(-c4cccc5c4sc4ccccc45)c3)ccc2sc2ccc(-c3cccc(-c4cccc5c4sc4ccccc45)c3)cc12. The molecule has 0 N–H and O–H groups in total. The van der Waals surface area contributed by atoms with Crippen LogP contribution >= 0.6 is 34.0 Å². The summed E-state index contributed by atoms with van der Waals surface area (Å²) in [7, 11) is 0. The van der Waals surface area contributed by atoms with E-state index in [0.29, 0.717) is 0 Å². The number of hydrogen-bond donors (Lipinski definition) is 0. The first-order valence-electron chi connectivity index (χ1n) is 17.7. The van der Waals surface area contributed by atoms with E-state index < -0.39 is 0 Å². The molecule has 0 aliphatic heterocycles. The second-order valence-corrected chi connectivity index (χ2v) is 16.8. The van der Waals surface area contributed by atoms with Gasteiger partial charge < -0.3 is 0 Å². The second-order valence-electron chi connectivity index (χ2n) is 13.6.